The standard InChI is InChI=1S/C10H19N3O4S2/c1-6-12(7-2)19(16,17)10-8(3)11-13(9(10)4)18(5,14)15/h6-7H2,1-5H3. The highest BCUT2D eigenvalue weighted by molar-refractivity contribution is 7.90. The smallest absolute Gasteiger partial charge is 0.207 e. The molecule has 0 aliphatic heterocycles. The van der Waals surface area contributed by atoms with Crippen LogP contribution in [0.1, 0.15) is 25.2 Å². The Bertz CT molecular complexity index is 670. The van der Waals surface area contributed by atoms with E-state index in [9.17, 15) is 16.8 Å². The zero-order valence-corrected chi connectivity index (χ0v) is 13.3. The van der Waals surface area contributed by atoms with E-state index in [4.69, 9.17) is 0 Å². The number of hydrogen-bond acceptors (Lipinski definition) is 5. The third kappa shape index (κ3) is 2.82. The first-order chi connectivity index (χ1) is 8.57. The van der Waals surface area contributed by atoms with Crippen LogP contribution in [0.25, 0.3) is 0 Å². The molecule has 0 amide bonds. The molecule has 0 saturated carbocycles. The normalized spacial score (nSPS) is 13.2. The van der Waals surface area contributed by atoms with Crippen molar-refractivity contribution in [3.8, 4) is 0 Å². The van der Waals surface area contributed by atoms with E-state index in [0.29, 0.717) is 13.1 Å². The molecule has 1 aromatic rings. The van der Waals surface area contributed by atoms with Gasteiger partial charge in [0.15, 0.2) is 0 Å². The molecule has 9 heteroatoms. The lowest BCUT2D eigenvalue weighted by molar-refractivity contribution is 0.444. The molecular weight excluding hydrogens is 290 g/mol. The third-order valence-corrected chi connectivity index (χ3v) is 6.09. The van der Waals surface area contributed by atoms with Crippen LogP contribution >= 0.6 is 0 Å². The molecule has 1 rings (SSSR count). The Balaban J connectivity index is 3.58. The molecule has 0 aliphatic carbocycles. The van der Waals surface area contributed by atoms with E-state index in [1.165, 1.54) is 18.2 Å². The second kappa shape index (κ2) is 5.22. The summed E-state index contributed by atoms with van der Waals surface area (Å²) in [5.41, 5.74) is 0.307. The molecule has 0 spiro atoms. The minimum atomic E-state index is -3.72. The van der Waals surface area contributed by atoms with Gasteiger partial charge in [-0.05, 0) is 13.8 Å². The maximum absolute atomic E-state index is 12.5. The van der Waals surface area contributed by atoms with E-state index in [1.54, 1.807) is 13.8 Å². The van der Waals surface area contributed by atoms with E-state index in [0.717, 1.165) is 10.3 Å². The summed E-state index contributed by atoms with van der Waals surface area (Å²) >= 11 is 0. The third-order valence-electron chi connectivity index (χ3n) is 2.80. The fourth-order valence-corrected chi connectivity index (χ4v) is 4.72. The van der Waals surface area contributed by atoms with Gasteiger partial charge in [-0.1, -0.05) is 13.8 Å². The van der Waals surface area contributed by atoms with Crippen LogP contribution in [0, 0.1) is 13.8 Å². The molecule has 0 aromatic carbocycles. The number of aryl methyl sites for hydroxylation is 1. The van der Waals surface area contributed by atoms with Crippen molar-refractivity contribution in [3.63, 3.8) is 0 Å². The van der Waals surface area contributed by atoms with Gasteiger partial charge in [0.25, 0.3) is 10.0 Å². The highest BCUT2D eigenvalue weighted by Crippen LogP contribution is 2.24. The lowest BCUT2D eigenvalue weighted by atomic mass is 10.4. The van der Waals surface area contributed by atoms with Crippen molar-refractivity contribution in [3.05, 3.63) is 11.4 Å². The minimum absolute atomic E-state index is 0.0263. The Morgan fingerprint density at radius 3 is 1.89 bits per heavy atom. The van der Waals surface area contributed by atoms with Crippen molar-refractivity contribution >= 4 is 20.0 Å². The van der Waals surface area contributed by atoms with E-state index in [2.05, 4.69) is 5.10 Å². The molecule has 0 saturated heterocycles. The second-order valence-corrected chi connectivity index (χ2v) is 7.88. The summed E-state index contributed by atoms with van der Waals surface area (Å²) in [4.78, 5) is -0.0263. The fraction of sp³-hybridized carbons (Fsp3) is 0.700. The van der Waals surface area contributed by atoms with Gasteiger partial charge in [0, 0.05) is 13.1 Å². The Morgan fingerprint density at radius 2 is 1.58 bits per heavy atom. The predicted octanol–water partition coefficient (Wildman–Crippen LogP) is 0.338. The maximum Gasteiger partial charge on any atom is 0.251 e. The number of sulfonamides is 1. The van der Waals surface area contributed by atoms with E-state index in [-0.39, 0.29) is 16.3 Å². The first kappa shape index (κ1) is 16.1. The van der Waals surface area contributed by atoms with Gasteiger partial charge in [-0.3, -0.25) is 0 Å². The summed E-state index contributed by atoms with van der Waals surface area (Å²) in [6.07, 6.45) is 0.986. The van der Waals surface area contributed by atoms with Crippen molar-refractivity contribution in [1.29, 1.82) is 0 Å². The van der Waals surface area contributed by atoms with Crippen LogP contribution in [0.2, 0.25) is 0 Å². The van der Waals surface area contributed by atoms with Crippen LogP contribution in [0.4, 0.5) is 0 Å². The summed E-state index contributed by atoms with van der Waals surface area (Å²) in [6.45, 7) is 7.03. The van der Waals surface area contributed by atoms with Crippen molar-refractivity contribution in [1.82, 2.24) is 13.5 Å². The van der Waals surface area contributed by atoms with Crippen LogP contribution in [-0.2, 0) is 20.0 Å². The highest BCUT2D eigenvalue weighted by Gasteiger charge is 2.30. The molecule has 1 aromatic heterocycles. The van der Waals surface area contributed by atoms with E-state index < -0.39 is 20.0 Å². The Hall–Kier alpha value is -0.930. The van der Waals surface area contributed by atoms with Crippen molar-refractivity contribution in [2.45, 2.75) is 32.6 Å². The molecule has 19 heavy (non-hydrogen) atoms. The van der Waals surface area contributed by atoms with Crippen LogP contribution in [0.5, 0.6) is 0 Å². The molecule has 0 N–H and O–H groups in total. The summed E-state index contributed by atoms with van der Waals surface area (Å²) in [5.74, 6) is 0. The fourth-order valence-electron chi connectivity index (χ4n) is 1.99. The summed E-state index contributed by atoms with van der Waals surface area (Å²) in [7, 11) is -7.33. The molecule has 0 aliphatic rings. The molecular formula is C10H19N3O4S2. The molecule has 0 radical (unpaired) electrons. The Labute approximate surface area is 114 Å². The van der Waals surface area contributed by atoms with Gasteiger partial charge < -0.3 is 0 Å². The van der Waals surface area contributed by atoms with Gasteiger partial charge in [-0.2, -0.15) is 13.5 Å². The lowest BCUT2D eigenvalue weighted by Crippen LogP contribution is -2.31. The highest BCUT2D eigenvalue weighted by atomic mass is 32.2. The van der Waals surface area contributed by atoms with Crippen molar-refractivity contribution < 1.29 is 16.8 Å². The first-order valence-corrected chi connectivity index (χ1v) is 9.13. The number of aromatic nitrogens is 2. The monoisotopic (exact) mass is 309 g/mol. The van der Waals surface area contributed by atoms with Crippen LogP contribution in [0.15, 0.2) is 4.90 Å². The number of hydrogen-bond donors (Lipinski definition) is 0. The Kier molecular flexibility index (Phi) is 4.43. The van der Waals surface area contributed by atoms with E-state index >= 15 is 0 Å². The van der Waals surface area contributed by atoms with Gasteiger partial charge in [0.2, 0.25) is 10.0 Å². The minimum Gasteiger partial charge on any atom is -0.207 e. The molecule has 1 heterocycles. The predicted molar refractivity (Wildman–Crippen MR) is 72.0 cm³/mol. The second-order valence-electron chi connectivity index (χ2n) is 4.20. The van der Waals surface area contributed by atoms with Crippen LogP contribution in [0.3, 0.4) is 0 Å². The lowest BCUT2D eigenvalue weighted by Gasteiger charge is -2.18. The Morgan fingerprint density at radius 1 is 1.11 bits per heavy atom. The summed E-state index contributed by atoms with van der Waals surface area (Å²) in [6, 6.07) is 0. The topological polar surface area (TPSA) is 89.3 Å². The van der Waals surface area contributed by atoms with Gasteiger partial charge in [-0.25, -0.2) is 16.8 Å². The molecule has 0 bridgehead atoms. The largest absolute Gasteiger partial charge is 0.251 e. The van der Waals surface area contributed by atoms with Gasteiger partial charge in [0.1, 0.15) is 4.90 Å². The first-order valence-electron chi connectivity index (χ1n) is 5.84. The number of nitrogens with zero attached hydrogens (tertiary/aromatic N) is 3. The van der Waals surface area contributed by atoms with Gasteiger partial charge in [-0.15, -0.1) is 0 Å². The molecule has 0 fully saturated rings. The zero-order chi connectivity index (χ0) is 15.0. The molecule has 7 nitrogen and oxygen atoms in total. The van der Waals surface area contributed by atoms with Crippen LogP contribution < -0.4 is 0 Å². The molecule has 0 unspecified atom stereocenters. The van der Waals surface area contributed by atoms with Gasteiger partial charge >= 0.3 is 0 Å². The van der Waals surface area contributed by atoms with Crippen molar-refractivity contribution in [2.24, 2.45) is 0 Å². The SMILES string of the molecule is CCN(CC)S(=O)(=O)c1c(C)nn(S(C)(=O)=O)c1C. The molecule has 110 valence electrons. The average Bonchev–Trinajstić information content (AvgIpc) is 2.55. The molecule has 0 atom stereocenters. The van der Waals surface area contributed by atoms with Gasteiger partial charge in [0.05, 0.1) is 17.6 Å². The zero-order valence-electron chi connectivity index (χ0n) is 11.7. The summed E-state index contributed by atoms with van der Waals surface area (Å²) < 4.78 is 50.0. The van der Waals surface area contributed by atoms with Crippen molar-refractivity contribution in [2.75, 3.05) is 19.3 Å². The number of rotatable bonds is 5. The maximum atomic E-state index is 12.5. The summed E-state index contributed by atoms with van der Waals surface area (Å²) in [5, 5.41) is 3.82. The van der Waals surface area contributed by atoms with E-state index in [1.807, 2.05) is 0 Å². The average molecular weight is 309 g/mol. The van der Waals surface area contributed by atoms with Crippen LogP contribution in [-0.4, -0.2) is 49.7 Å². The quantitative estimate of drug-likeness (QED) is 0.782.